The number of hydrogen-bond acceptors (Lipinski definition) is 4. The molecular formula is C14H17N3O. The fraction of sp³-hybridized carbons (Fsp3) is 0.286. The van der Waals surface area contributed by atoms with Crippen molar-refractivity contribution in [3.8, 4) is 11.8 Å². The highest BCUT2D eigenvalue weighted by Crippen LogP contribution is 2.23. The molecule has 2 rings (SSSR count). The van der Waals surface area contributed by atoms with Gasteiger partial charge in [-0.1, -0.05) is 12.1 Å². The zero-order chi connectivity index (χ0) is 13.0. The quantitative estimate of drug-likeness (QED) is 0.896. The Kier molecular flexibility index (Phi) is 3.89. The molecule has 0 saturated heterocycles. The summed E-state index contributed by atoms with van der Waals surface area (Å²) in [5.74, 6) is 0.802. The molecule has 0 radical (unpaired) electrons. The molecule has 1 N–H and O–H groups in total. The van der Waals surface area contributed by atoms with Crippen LogP contribution in [0, 0.1) is 13.8 Å². The monoisotopic (exact) mass is 243 g/mol. The van der Waals surface area contributed by atoms with Crippen LogP contribution < -0.4 is 10.1 Å². The summed E-state index contributed by atoms with van der Waals surface area (Å²) in [5, 5.41) is 3.05. The summed E-state index contributed by atoms with van der Waals surface area (Å²) in [7, 11) is 1.89. The predicted molar refractivity (Wildman–Crippen MR) is 70.8 cm³/mol. The van der Waals surface area contributed by atoms with E-state index in [1.165, 1.54) is 0 Å². The number of benzene rings is 1. The number of hydrogen-bond donors (Lipinski definition) is 1. The molecule has 1 aromatic carbocycles. The highest BCUT2D eigenvalue weighted by Gasteiger charge is 2.04. The van der Waals surface area contributed by atoms with Crippen LogP contribution >= 0.6 is 0 Å². The summed E-state index contributed by atoms with van der Waals surface area (Å²) in [6, 6.07) is 6.45. The lowest BCUT2D eigenvalue weighted by atomic mass is 10.1. The van der Waals surface area contributed by atoms with Crippen molar-refractivity contribution in [2.45, 2.75) is 20.4 Å². The van der Waals surface area contributed by atoms with Crippen molar-refractivity contribution in [3.05, 3.63) is 47.3 Å². The second kappa shape index (κ2) is 5.60. The Labute approximate surface area is 107 Å². The Morgan fingerprint density at radius 1 is 1.17 bits per heavy atom. The maximum absolute atomic E-state index is 5.68. The normalized spacial score (nSPS) is 10.4. The Bertz CT molecular complexity index is 523. The van der Waals surface area contributed by atoms with Crippen LogP contribution in [0.25, 0.3) is 0 Å². The molecule has 0 unspecified atom stereocenters. The topological polar surface area (TPSA) is 47.0 Å². The summed E-state index contributed by atoms with van der Waals surface area (Å²) in [4.78, 5) is 8.38. The molecule has 0 amide bonds. The average molecular weight is 243 g/mol. The van der Waals surface area contributed by atoms with Crippen molar-refractivity contribution in [1.82, 2.24) is 15.3 Å². The van der Waals surface area contributed by atoms with Crippen molar-refractivity contribution >= 4 is 0 Å². The Hall–Kier alpha value is -1.94. The van der Waals surface area contributed by atoms with Gasteiger partial charge in [0.2, 0.25) is 0 Å². The number of aromatic nitrogens is 2. The van der Waals surface area contributed by atoms with E-state index < -0.39 is 0 Å². The second-order valence-corrected chi connectivity index (χ2v) is 4.28. The second-order valence-electron chi connectivity index (χ2n) is 4.28. The van der Waals surface area contributed by atoms with Crippen molar-refractivity contribution in [3.63, 3.8) is 0 Å². The predicted octanol–water partition coefficient (Wildman–Crippen LogP) is 2.61. The van der Waals surface area contributed by atoms with Crippen LogP contribution in [0.2, 0.25) is 0 Å². The van der Waals surface area contributed by atoms with E-state index in [4.69, 9.17) is 4.74 Å². The molecule has 0 aliphatic carbocycles. The van der Waals surface area contributed by atoms with Gasteiger partial charge in [-0.25, -0.2) is 9.97 Å². The largest absolute Gasteiger partial charge is 0.424 e. The summed E-state index contributed by atoms with van der Waals surface area (Å²) in [5.41, 5.74) is 3.26. The third-order valence-electron chi connectivity index (χ3n) is 2.61. The molecule has 0 saturated carbocycles. The van der Waals surface area contributed by atoms with Crippen molar-refractivity contribution in [1.29, 1.82) is 0 Å². The molecular weight excluding hydrogens is 226 g/mol. The molecule has 94 valence electrons. The van der Waals surface area contributed by atoms with Gasteiger partial charge in [-0.2, -0.15) is 0 Å². The van der Waals surface area contributed by atoms with Crippen LogP contribution in [-0.4, -0.2) is 17.0 Å². The van der Waals surface area contributed by atoms with Crippen molar-refractivity contribution in [2.24, 2.45) is 0 Å². The molecule has 0 bridgehead atoms. The molecule has 1 heterocycles. The Morgan fingerprint density at radius 3 is 2.56 bits per heavy atom. The van der Waals surface area contributed by atoms with Crippen LogP contribution in [0.4, 0.5) is 0 Å². The van der Waals surface area contributed by atoms with E-state index in [9.17, 15) is 0 Å². The van der Waals surface area contributed by atoms with E-state index >= 15 is 0 Å². The summed E-state index contributed by atoms with van der Waals surface area (Å²) in [6.45, 7) is 4.79. The zero-order valence-corrected chi connectivity index (χ0v) is 10.9. The minimum atomic E-state index is 0.378. The summed E-state index contributed by atoms with van der Waals surface area (Å²) >= 11 is 0. The number of ether oxygens (including phenoxy) is 1. The fourth-order valence-electron chi connectivity index (χ4n) is 1.61. The standard InChI is InChI=1S/C14H17N3O/c1-10-4-5-11(2)13(6-10)18-14-16-8-12(7-15-3)9-17-14/h4-6,8-9,15H,7H2,1-3H3. The van der Waals surface area contributed by atoms with E-state index in [1.807, 2.05) is 33.0 Å². The SMILES string of the molecule is CNCc1cnc(Oc2cc(C)ccc2C)nc1. The van der Waals surface area contributed by atoms with Crippen LogP contribution in [0.15, 0.2) is 30.6 Å². The van der Waals surface area contributed by atoms with Gasteiger partial charge in [-0.05, 0) is 38.1 Å². The molecule has 4 nitrogen and oxygen atoms in total. The van der Waals surface area contributed by atoms with Crippen LogP contribution in [0.5, 0.6) is 11.8 Å². The lowest BCUT2D eigenvalue weighted by Gasteiger charge is -2.08. The van der Waals surface area contributed by atoms with Gasteiger partial charge in [0.05, 0.1) is 0 Å². The number of nitrogens with one attached hydrogen (secondary N) is 1. The molecule has 0 aliphatic rings. The minimum Gasteiger partial charge on any atom is -0.424 e. The molecule has 0 aliphatic heterocycles. The fourth-order valence-corrected chi connectivity index (χ4v) is 1.61. The third-order valence-corrected chi connectivity index (χ3v) is 2.61. The third kappa shape index (κ3) is 3.05. The number of aryl methyl sites for hydroxylation is 2. The lowest BCUT2D eigenvalue weighted by molar-refractivity contribution is 0.437. The molecule has 4 heteroatoms. The first kappa shape index (κ1) is 12.5. The molecule has 0 fully saturated rings. The highest BCUT2D eigenvalue weighted by molar-refractivity contribution is 5.37. The van der Waals surface area contributed by atoms with Crippen LogP contribution in [0.1, 0.15) is 16.7 Å². The first-order chi connectivity index (χ1) is 8.69. The average Bonchev–Trinajstić information content (AvgIpc) is 2.37. The van der Waals surface area contributed by atoms with E-state index in [0.717, 1.165) is 29.0 Å². The maximum Gasteiger partial charge on any atom is 0.321 e. The Balaban J connectivity index is 2.15. The maximum atomic E-state index is 5.68. The van der Waals surface area contributed by atoms with E-state index in [0.29, 0.717) is 6.01 Å². The van der Waals surface area contributed by atoms with Gasteiger partial charge in [-0.15, -0.1) is 0 Å². The van der Waals surface area contributed by atoms with Crippen LogP contribution in [0.3, 0.4) is 0 Å². The molecule has 0 spiro atoms. The Morgan fingerprint density at radius 2 is 1.89 bits per heavy atom. The zero-order valence-electron chi connectivity index (χ0n) is 10.9. The van der Waals surface area contributed by atoms with E-state index in [-0.39, 0.29) is 0 Å². The van der Waals surface area contributed by atoms with Gasteiger partial charge in [-0.3, -0.25) is 0 Å². The lowest BCUT2D eigenvalue weighted by Crippen LogP contribution is -2.06. The summed E-state index contributed by atoms with van der Waals surface area (Å²) in [6.07, 6.45) is 3.54. The highest BCUT2D eigenvalue weighted by atomic mass is 16.5. The van der Waals surface area contributed by atoms with Gasteiger partial charge >= 0.3 is 6.01 Å². The first-order valence-corrected chi connectivity index (χ1v) is 5.89. The van der Waals surface area contributed by atoms with Crippen LogP contribution in [-0.2, 0) is 6.54 Å². The molecule has 1 aromatic heterocycles. The van der Waals surface area contributed by atoms with Gasteiger partial charge in [0.25, 0.3) is 0 Å². The molecule has 18 heavy (non-hydrogen) atoms. The minimum absolute atomic E-state index is 0.378. The van der Waals surface area contributed by atoms with Gasteiger partial charge in [0, 0.05) is 24.5 Å². The van der Waals surface area contributed by atoms with Gasteiger partial charge < -0.3 is 10.1 Å². The number of rotatable bonds is 4. The van der Waals surface area contributed by atoms with Crippen molar-refractivity contribution in [2.75, 3.05) is 7.05 Å². The van der Waals surface area contributed by atoms with E-state index in [2.05, 4.69) is 21.4 Å². The molecule has 2 aromatic rings. The molecule has 0 atom stereocenters. The smallest absolute Gasteiger partial charge is 0.321 e. The van der Waals surface area contributed by atoms with Gasteiger partial charge in [0.1, 0.15) is 5.75 Å². The first-order valence-electron chi connectivity index (χ1n) is 5.89. The van der Waals surface area contributed by atoms with Gasteiger partial charge in [0.15, 0.2) is 0 Å². The van der Waals surface area contributed by atoms with E-state index in [1.54, 1.807) is 12.4 Å². The van der Waals surface area contributed by atoms with Crippen molar-refractivity contribution < 1.29 is 4.74 Å². The number of nitrogens with zero attached hydrogens (tertiary/aromatic N) is 2. The summed E-state index contributed by atoms with van der Waals surface area (Å²) < 4.78 is 5.68.